The van der Waals surface area contributed by atoms with Gasteiger partial charge in [-0.05, 0) is 42.9 Å². The van der Waals surface area contributed by atoms with E-state index in [9.17, 15) is 0 Å². The SMILES string of the molecule is CCCC1CCC(N)C(CN2CC(C)C(C)C2)C1. The van der Waals surface area contributed by atoms with Crippen molar-refractivity contribution in [3.63, 3.8) is 0 Å². The highest BCUT2D eigenvalue weighted by Crippen LogP contribution is 2.33. The van der Waals surface area contributed by atoms with E-state index in [4.69, 9.17) is 5.73 Å². The van der Waals surface area contributed by atoms with Gasteiger partial charge in [-0.3, -0.25) is 0 Å². The average Bonchev–Trinajstić information content (AvgIpc) is 2.63. The third kappa shape index (κ3) is 3.48. The zero-order valence-electron chi connectivity index (χ0n) is 12.6. The Bertz CT molecular complexity index is 243. The van der Waals surface area contributed by atoms with Gasteiger partial charge in [0, 0.05) is 25.7 Å². The highest BCUT2D eigenvalue weighted by molar-refractivity contribution is 4.87. The standard InChI is InChI=1S/C16H32N2/c1-4-5-14-6-7-16(17)15(8-14)11-18-9-12(2)13(3)10-18/h12-16H,4-11,17H2,1-3H3. The third-order valence-electron chi connectivity index (χ3n) is 5.40. The summed E-state index contributed by atoms with van der Waals surface area (Å²) in [5.41, 5.74) is 6.36. The van der Waals surface area contributed by atoms with Crippen molar-refractivity contribution < 1.29 is 0 Å². The molecule has 2 aliphatic rings. The van der Waals surface area contributed by atoms with E-state index >= 15 is 0 Å². The third-order valence-corrected chi connectivity index (χ3v) is 5.40. The van der Waals surface area contributed by atoms with Crippen LogP contribution in [0.3, 0.4) is 0 Å². The summed E-state index contributed by atoms with van der Waals surface area (Å²) in [5, 5.41) is 0. The average molecular weight is 252 g/mol. The summed E-state index contributed by atoms with van der Waals surface area (Å²) in [5.74, 6) is 3.46. The van der Waals surface area contributed by atoms with Crippen molar-refractivity contribution >= 4 is 0 Å². The fraction of sp³-hybridized carbons (Fsp3) is 1.00. The van der Waals surface area contributed by atoms with E-state index in [2.05, 4.69) is 25.7 Å². The van der Waals surface area contributed by atoms with Crippen LogP contribution in [-0.4, -0.2) is 30.6 Å². The molecule has 2 rings (SSSR count). The summed E-state index contributed by atoms with van der Waals surface area (Å²) < 4.78 is 0. The van der Waals surface area contributed by atoms with Crippen LogP contribution in [0.2, 0.25) is 0 Å². The zero-order chi connectivity index (χ0) is 13.1. The van der Waals surface area contributed by atoms with Crippen LogP contribution >= 0.6 is 0 Å². The molecule has 0 bridgehead atoms. The van der Waals surface area contributed by atoms with Gasteiger partial charge in [0.2, 0.25) is 0 Å². The first kappa shape index (κ1) is 14.3. The van der Waals surface area contributed by atoms with Crippen LogP contribution in [0.4, 0.5) is 0 Å². The molecule has 0 amide bonds. The van der Waals surface area contributed by atoms with E-state index < -0.39 is 0 Å². The van der Waals surface area contributed by atoms with Crippen molar-refractivity contribution in [2.24, 2.45) is 29.4 Å². The van der Waals surface area contributed by atoms with Gasteiger partial charge in [0.25, 0.3) is 0 Å². The Kier molecular flexibility index (Phi) is 5.08. The van der Waals surface area contributed by atoms with Crippen LogP contribution in [0.5, 0.6) is 0 Å². The second-order valence-corrected chi connectivity index (χ2v) is 7.06. The first-order valence-electron chi connectivity index (χ1n) is 8.08. The monoisotopic (exact) mass is 252 g/mol. The second kappa shape index (κ2) is 6.38. The molecular weight excluding hydrogens is 220 g/mol. The van der Waals surface area contributed by atoms with E-state index in [-0.39, 0.29) is 0 Å². The van der Waals surface area contributed by atoms with Gasteiger partial charge in [-0.25, -0.2) is 0 Å². The van der Waals surface area contributed by atoms with Crippen LogP contribution in [0.25, 0.3) is 0 Å². The maximum absolute atomic E-state index is 6.36. The van der Waals surface area contributed by atoms with E-state index in [0.717, 1.165) is 23.7 Å². The minimum atomic E-state index is 0.462. The maximum atomic E-state index is 6.36. The first-order valence-corrected chi connectivity index (χ1v) is 8.08. The Balaban J connectivity index is 1.83. The predicted molar refractivity (Wildman–Crippen MR) is 78.5 cm³/mol. The van der Waals surface area contributed by atoms with Crippen LogP contribution in [-0.2, 0) is 0 Å². The van der Waals surface area contributed by atoms with Gasteiger partial charge in [0.15, 0.2) is 0 Å². The molecular formula is C16H32N2. The van der Waals surface area contributed by atoms with Crippen LogP contribution in [0.15, 0.2) is 0 Å². The Hall–Kier alpha value is -0.0800. The number of hydrogen-bond donors (Lipinski definition) is 1. The topological polar surface area (TPSA) is 29.3 Å². The molecule has 5 atom stereocenters. The summed E-state index contributed by atoms with van der Waals surface area (Å²) in [7, 11) is 0. The summed E-state index contributed by atoms with van der Waals surface area (Å²) in [6, 6.07) is 0.462. The molecule has 0 radical (unpaired) electrons. The van der Waals surface area contributed by atoms with Crippen molar-refractivity contribution in [3.8, 4) is 0 Å². The molecule has 1 saturated carbocycles. The Labute approximate surface area is 113 Å². The minimum absolute atomic E-state index is 0.462. The fourth-order valence-electron chi connectivity index (χ4n) is 3.99. The molecule has 0 aromatic heterocycles. The van der Waals surface area contributed by atoms with Crippen molar-refractivity contribution in [1.29, 1.82) is 0 Å². The molecule has 2 fully saturated rings. The smallest absolute Gasteiger partial charge is 0.00795 e. The molecule has 2 heteroatoms. The maximum Gasteiger partial charge on any atom is 0.00795 e. The summed E-state index contributed by atoms with van der Waals surface area (Å²) in [4.78, 5) is 2.67. The Morgan fingerprint density at radius 1 is 1.11 bits per heavy atom. The van der Waals surface area contributed by atoms with E-state index in [0.29, 0.717) is 6.04 Å². The van der Waals surface area contributed by atoms with Gasteiger partial charge in [-0.15, -0.1) is 0 Å². The van der Waals surface area contributed by atoms with Crippen molar-refractivity contribution in [1.82, 2.24) is 4.90 Å². The normalized spacial score (nSPS) is 42.3. The van der Waals surface area contributed by atoms with Gasteiger partial charge in [-0.2, -0.15) is 0 Å². The quantitative estimate of drug-likeness (QED) is 0.833. The van der Waals surface area contributed by atoms with Gasteiger partial charge >= 0.3 is 0 Å². The number of rotatable bonds is 4. The molecule has 1 heterocycles. The summed E-state index contributed by atoms with van der Waals surface area (Å²) in [6.07, 6.45) is 6.77. The lowest BCUT2D eigenvalue weighted by Gasteiger charge is -2.36. The predicted octanol–water partition coefficient (Wildman–Crippen LogP) is 3.12. The molecule has 2 N–H and O–H groups in total. The van der Waals surface area contributed by atoms with E-state index in [1.165, 1.54) is 51.7 Å². The summed E-state index contributed by atoms with van der Waals surface area (Å²) >= 11 is 0. The number of hydrogen-bond acceptors (Lipinski definition) is 2. The van der Waals surface area contributed by atoms with Crippen LogP contribution in [0.1, 0.15) is 52.9 Å². The van der Waals surface area contributed by atoms with Crippen molar-refractivity contribution in [3.05, 3.63) is 0 Å². The molecule has 18 heavy (non-hydrogen) atoms. The molecule has 1 aliphatic carbocycles. The number of nitrogens with two attached hydrogens (primary N) is 1. The first-order chi connectivity index (χ1) is 8.60. The molecule has 106 valence electrons. The zero-order valence-corrected chi connectivity index (χ0v) is 12.6. The molecule has 1 saturated heterocycles. The lowest BCUT2D eigenvalue weighted by atomic mass is 9.76. The van der Waals surface area contributed by atoms with Crippen molar-refractivity contribution in [2.45, 2.75) is 58.9 Å². The van der Waals surface area contributed by atoms with Gasteiger partial charge in [-0.1, -0.05) is 33.6 Å². The van der Waals surface area contributed by atoms with Crippen LogP contribution in [0, 0.1) is 23.7 Å². The molecule has 1 aliphatic heterocycles. The van der Waals surface area contributed by atoms with E-state index in [1.54, 1.807) is 0 Å². The molecule has 0 aromatic rings. The molecule has 0 aromatic carbocycles. The lowest BCUT2D eigenvalue weighted by Crippen LogP contribution is -2.42. The Morgan fingerprint density at radius 3 is 2.39 bits per heavy atom. The minimum Gasteiger partial charge on any atom is -0.327 e. The fourth-order valence-corrected chi connectivity index (χ4v) is 3.99. The molecule has 2 nitrogen and oxygen atoms in total. The molecule has 0 spiro atoms. The van der Waals surface area contributed by atoms with Gasteiger partial charge in [0.05, 0.1) is 0 Å². The largest absolute Gasteiger partial charge is 0.327 e. The second-order valence-electron chi connectivity index (χ2n) is 7.06. The lowest BCUT2D eigenvalue weighted by molar-refractivity contribution is 0.165. The van der Waals surface area contributed by atoms with Gasteiger partial charge in [0.1, 0.15) is 0 Å². The molecule has 5 unspecified atom stereocenters. The summed E-state index contributed by atoms with van der Waals surface area (Å²) in [6.45, 7) is 11.0. The van der Waals surface area contributed by atoms with Crippen molar-refractivity contribution in [2.75, 3.05) is 19.6 Å². The van der Waals surface area contributed by atoms with E-state index in [1.807, 2.05) is 0 Å². The Morgan fingerprint density at radius 2 is 1.78 bits per heavy atom. The highest BCUT2D eigenvalue weighted by atomic mass is 15.2. The number of nitrogens with zero attached hydrogens (tertiary/aromatic N) is 1. The van der Waals surface area contributed by atoms with Crippen LogP contribution < -0.4 is 5.73 Å². The number of likely N-dealkylation sites (tertiary alicyclic amines) is 1. The highest BCUT2D eigenvalue weighted by Gasteiger charge is 2.32. The van der Waals surface area contributed by atoms with Gasteiger partial charge < -0.3 is 10.6 Å².